The number of unbranched alkanes of at least 4 members (excludes halogenated alkanes) is 1. The van der Waals surface area contributed by atoms with E-state index in [1.54, 1.807) is 0 Å². The second-order valence-corrected chi connectivity index (χ2v) is 5.08. The van der Waals surface area contributed by atoms with Crippen LogP contribution >= 0.6 is 0 Å². The van der Waals surface area contributed by atoms with Crippen LogP contribution in [-0.2, 0) is 4.74 Å². The number of hydrogen-bond donors (Lipinski definition) is 2. The molecule has 0 aliphatic rings. The Morgan fingerprint density at radius 1 is 1.32 bits per heavy atom. The summed E-state index contributed by atoms with van der Waals surface area (Å²) in [4.78, 5) is 15.9. The minimum absolute atomic E-state index is 0.210. The van der Waals surface area contributed by atoms with Gasteiger partial charge in [0.1, 0.15) is 5.82 Å². The topological polar surface area (TPSA) is 79.9 Å². The molecule has 108 valence electrons. The van der Waals surface area contributed by atoms with Crippen molar-refractivity contribution in [3.8, 4) is 0 Å². The van der Waals surface area contributed by atoms with Gasteiger partial charge < -0.3 is 10.1 Å². The summed E-state index contributed by atoms with van der Waals surface area (Å²) in [5.41, 5.74) is 0. The number of aromatic amines is 1. The molecule has 0 aliphatic carbocycles. The average Bonchev–Trinajstić information content (AvgIpc) is 2.82. The molecule has 0 spiro atoms. The Hall–Kier alpha value is -1.43. The van der Waals surface area contributed by atoms with E-state index in [9.17, 15) is 4.79 Å². The molecule has 0 saturated heterocycles. The zero-order valence-corrected chi connectivity index (χ0v) is 12.2. The van der Waals surface area contributed by atoms with Crippen molar-refractivity contribution >= 4 is 5.91 Å². The Labute approximate surface area is 114 Å². The van der Waals surface area contributed by atoms with Crippen molar-refractivity contribution in [1.82, 2.24) is 20.5 Å². The zero-order valence-electron chi connectivity index (χ0n) is 12.2. The van der Waals surface area contributed by atoms with Crippen LogP contribution in [0.5, 0.6) is 0 Å². The van der Waals surface area contributed by atoms with E-state index in [0.29, 0.717) is 6.54 Å². The van der Waals surface area contributed by atoms with Gasteiger partial charge in [-0.05, 0) is 26.7 Å². The van der Waals surface area contributed by atoms with Crippen LogP contribution in [-0.4, -0.2) is 40.3 Å². The second kappa shape index (κ2) is 7.89. The zero-order chi connectivity index (χ0) is 14.3. The van der Waals surface area contributed by atoms with E-state index in [2.05, 4.69) is 20.5 Å². The lowest BCUT2D eigenvalue weighted by Gasteiger charge is -2.07. The van der Waals surface area contributed by atoms with E-state index in [-0.39, 0.29) is 23.8 Å². The fourth-order valence-electron chi connectivity index (χ4n) is 1.46. The van der Waals surface area contributed by atoms with Gasteiger partial charge in [-0.25, -0.2) is 4.98 Å². The third kappa shape index (κ3) is 5.83. The first-order chi connectivity index (χ1) is 9.00. The highest BCUT2D eigenvalue weighted by Gasteiger charge is 2.13. The predicted molar refractivity (Wildman–Crippen MR) is 73.1 cm³/mol. The first kappa shape index (κ1) is 15.6. The number of nitrogens with zero attached hydrogens (tertiary/aromatic N) is 2. The molecule has 6 heteroatoms. The monoisotopic (exact) mass is 268 g/mol. The Morgan fingerprint density at radius 3 is 2.63 bits per heavy atom. The van der Waals surface area contributed by atoms with Gasteiger partial charge in [0.15, 0.2) is 0 Å². The standard InChI is InChI=1S/C13H24N4O2/c1-9(2)11-15-12(17-16-11)13(18)14-7-5-6-8-19-10(3)4/h9-10H,5-8H2,1-4H3,(H,14,18)(H,15,16,17). The number of amides is 1. The lowest BCUT2D eigenvalue weighted by Crippen LogP contribution is -2.25. The molecular formula is C13H24N4O2. The molecular weight excluding hydrogens is 244 g/mol. The summed E-state index contributed by atoms with van der Waals surface area (Å²) >= 11 is 0. The molecule has 1 amide bonds. The molecule has 0 fully saturated rings. The van der Waals surface area contributed by atoms with Crippen LogP contribution in [0.25, 0.3) is 0 Å². The van der Waals surface area contributed by atoms with Gasteiger partial charge in [0, 0.05) is 19.1 Å². The lowest BCUT2D eigenvalue weighted by molar-refractivity contribution is 0.0754. The summed E-state index contributed by atoms with van der Waals surface area (Å²) in [5.74, 6) is 0.952. The van der Waals surface area contributed by atoms with E-state index in [1.807, 2.05) is 27.7 Å². The number of ether oxygens (including phenoxy) is 1. The van der Waals surface area contributed by atoms with Crippen molar-refractivity contribution in [2.45, 2.75) is 52.6 Å². The van der Waals surface area contributed by atoms with Crippen molar-refractivity contribution in [1.29, 1.82) is 0 Å². The molecule has 0 radical (unpaired) electrons. The number of H-pyrrole nitrogens is 1. The second-order valence-electron chi connectivity index (χ2n) is 5.08. The molecule has 0 aromatic carbocycles. The van der Waals surface area contributed by atoms with Gasteiger partial charge in [0.2, 0.25) is 5.82 Å². The van der Waals surface area contributed by atoms with Crippen molar-refractivity contribution < 1.29 is 9.53 Å². The Morgan fingerprint density at radius 2 is 2.05 bits per heavy atom. The molecule has 0 atom stereocenters. The van der Waals surface area contributed by atoms with Gasteiger partial charge in [-0.1, -0.05) is 13.8 Å². The first-order valence-corrected chi connectivity index (χ1v) is 6.82. The molecule has 0 aliphatic heterocycles. The van der Waals surface area contributed by atoms with E-state index in [0.717, 1.165) is 25.3 Å². The summed E-state index contributed by atoms with van der Waals surface area (Å²) in [6.07, 6.45) is 2.08. The average molecular weight is 268 g/mol. The maximum absolute atomic E-state index is 11.7. The third-order valence-corrected chi connectivity index (χ3v) is 2.56. The molecule has 0 saturated carbocycles. The van der Waals surface area contributed by atoms with Crippen molar-refractivity contribution in [2.75, 3.05) is 13.2 Å². The van der Waals surface area contributed by atoms with Gasteiger partial charge in [-0.15, -0.1) is 5.10 Å². The summed E-state index contributed by atoms with van der Waals surface area (Å²) < 4.78 is 5.42. The molecule has 1 rings (SSSR count). The quantitative estimate of drug-likeness (QED) is 0.705. The number of carbonyl (C=O) groups excluding carboxylic acids is 1. The van der Waals surface area contributed by atoms with Gasteiger partial charge in [-0.2, -0.15) is 0 Å². The third-order valence-electron chi connectivity index (χ3n) is 2.56. The molecule has 0 unspecified atom stereocenters. The molecule has 0 bridgehead atoms. The molecule has 2 N–H and O–H groups in total. The van der Waals surface area contributed by atoms with Gasteiger partial charge in [0.25, 0.3) is 5.91 Å². The molecule has 1 aromatic heterocycles. The number of rotatable bonds is 8. The normalized spacial score (nSPS) is 11.3. The lowest BCUT2D eigenvalue weighted by atomic mass is 10.2. The summed E-state index contributed by atoms with van der Waals surface area (Å²) in [6, 6.07) is 0. The highest BCUT2D eigenvalue weighted by molar-refractivity contribution is 5.90. The van der Waals surface area contributed by atoms with Crippen LogP contribution in [0.15, 0.2) is 0 Å². The predicted octanol–water partition coefficient (Wildman–Crippen LogP) is 1.86. The van der Waals surface area contributed by atoms with E-state index < -0.39 is 0 Å². The summed E-state index contributed by atoms with van der Waals surface area (Å²) in [5, 5.41) is 9.47. The van der Waals surface area contributed by atoms with Gasteiger partial charge >= 0.3 is 0 Å². The molecule has 1 aromatic rings. The van der Waals surface area contributed by atoms with Crippen LogP contribution in [0, 0.1) is 0 Å². The highest BCUT2D eigenvalue weighted by atomic mass is 16.5. The SMILES string of the molecule is CC(C)OCCCCNC(=O)c1n[nH]c(C(C)C)n1. The van der Waals surface area contributed by atoms with Gasteiger partial charge in [0.05, 0.1) is 6.10 Å². The Kier molecular flexibility index (Phi) is 6.49. The Bertz CT molecular complexity index is 388. The van der Waals surface area contributed by atoms with Crippen LogP contribution in [0.2, 0.25) is 0 Å². The van der Waals surface area contributed by atoms with Crippen LogP contribution in [0.3, 0.4) is 0 Å². The van der Waals surface area contributed by atoms with Crippen molar-refractivity contribution in [2.24, 2.45) is 0 Å². The van der Waals surface area contributed by atoms with Crippen LogP contribution in [0.4, 0.5) is 0 Å². The van der Waals surface area contributed by atoms with E-state index in [4.69, 9.17) is 4.74 Å². The maximum atomic E-state index is 11.7. The summed E-state index contributed by atoms with van der Waals surface area (Å²) in [6.45, 7) is 9.36. The first-order valence-electron chi connectivity index (χ1n) is 6.82. The Balaban J connectivity index is 2.20. The fraction of sp³-hybridized carbons (Fsp3) is 0.769. The highest BCUT2D eigenvalue weighted by Crippen LogP contribution is 2.07. The smallest absolute Gasteiger partial charge is 0.290 e. The molecule has 6 nitrogen and oxygen atoms in total. The molecule has 1 heterocycles. The largest absolute Gasteiger partial charge is 0.379 e. The fourth-order valence-corrected chi connectivity index (χ4v) is 1.46. The number of carbonyl (C=O) groups is 1. The molecule has 19 heavy (non-hydrogen) atoms. The number of aromatic nitrogens is 3. The minimum Gasteiger partial charge on any atom is -0.379 e. The van der Waals surface area contributed by atoms with Crippen LogP contribution in [0.1, 0.15) is 62.9 Å². The van der Waals surface area contributed by atoms with Crippen LogP contribution < -0.4 is 5.32 Å². The minimum atomic E-state index is -0.229. The number of nitrogens with one attached hydrogen (secondary N) is 2. The summed E-state index contributed by atoms with van der Waals surface area (Å²) in [7, 11) is 0. The maximum Gasteiger partial charge on any atom is 0.290 e. The van der Waals surface area contributed by atoms with Gasteiger partial charge in [-0.3, -0.25) is 9.89 Å². The van der Waals surface area contributed by atoms with Crippen molar-refractivity contribution in [3.63, 3.8) is 0 Å². The van der Waals surface area contributed by atoms with E-state index >= 15 is 0 Å². The van der Waals surface area contributed by atoms with E-state index in [1.165, 1.54) is 0 Å². The number of hydrogen-bond acceptors (Lipinski definition) is 4. The van der Waals surface area contributed by atoms with Crippen molar-refractivity contribution in [3.05, 3.63) is 11.6 Å².